The molecule has 3 rings (SSSR count). The number of nitrogens with zero attached hydrogens (tertiary/aromatic N) is 3. The Hall–Kier alpha value is -2.79. The Labute approximate surface area is 180 Å². The van der Waals surface area contributed by atoms with Gasteiger partial charge in [0.25, 0.3) is 0 Å². The van der Waals surface area contributed by atoms with Crippen LogP contribution in [0.1, 0.15) is 12.0 Å². The number of hydrogen-bond acceptors (Lipinski definition) is 5. The first-order valence-electron chi connectivity index (χ1n) is 9.24. The van der Waals surface area contributed by atoms with Crippen LogP contribution in [0.5, 0.6) is 5.75 Å². The Balaban J connectivity index is 1.68. The number of morpholine rings is 1. The largest absolute Gasteiger partial charge is 0.490 e. The van der Waals surface area contributed by atoms with Gasteiger partial charge in [-0.3, -0.25) is 14.3 Å². The van der Waals surface area contributed by atoms with E-state index in [0.29, 0.717) is 17.0 Å². The van der Waals surface area contributed by atoms with Crippen LogP contribution in [-0.4, -0.2) is 58.4 Å². The lowest BCUT2D eigenvalue weighted by molar-refractivity contribution is -0.162. The highest BCUT2D eigenvalue weighted by Gasteiger charge is 2.41. The van der Waals surface area contributed by atoms with Crippen LogP contribution in [0.3, 0.4) is 0 Å². The number of aromatic nitrogens is 2. The fourth-order valence-electron chi connectivity index (χ4n) is 3.20. The second-order valence-corrected chi connectivity index (χ2v) is 7.59. The number of halogens is 4. The number of carbonyl (C=O) groups excluding carboxylic acids is 2. The molecule has 1 saturated heterocycles. The molecule has 1 aromatic carbocycles. The van der Waals surface area contributed by atoms with Crippen molar-refractivity contribution in [1.82, 2.24) is 14.7 Å². The third kappa shape index (κ3) is 6.11. The second-order valence-electron chi connectivity index (χ2n) is 7.16. The lowest BCUT2D eigenvalue weighted by Crippen LogP contribution is -2.58. The van der Waals surface area contributed by atoms with E-state index in [-0.39, 0.29) is 39.3 Å². The average molecular weight is 461 g/mol. The van der Waals surface area contributed by atoms with Gasteiger partial charge in [0.2, 0.25) is 11.8 Å². The van der Waals surface area contributed by atoms with Crippen LogP contribution in [-0.2, 0) is 27.0 Å². The maximum atomic E-state index is 12.7. The zero-order chi connectivity index (χ0) is 22.6. The molecule has 2 aromatic rings. The topological polar surface area (TPSA) is 99.7 Å². The molecule has 12 heteroatoms. The monoisotopic (exact) mass is 460 g/mol. The quantitative estimate of drug-likeness (QED) is 0.682. The Kier molecular flexibility index (Phi) is 6.75. The predicted octanol–water partition coefficient (Wildman–Crippen LogP) is 2.11. The summed E-state index contributed by atoms with van der Waals surface area (Å²) >= 11 is 5.85. The minimum Gasteiger partial charge on any atom is -0.490 e. The van der Waals surface area contributed by atoms with E-state index in [2.05, 4.69) is 5.10 Å². The van der Waals surface area contributed by atoms with Crippen LogP contribution in [0, 0.1) is 0 Å². The van der Waals surface area contributed by atoms with Gasteiger partial charge in [0.1, 0.15) is 24.5 Å². The highest BCUT2D eigenvalue weighted by molar-refractivity contribution is 6.30. The second kappa shape index (κ2) is 9.15. The summed E-state index contributed by atoms with van der Waals surface area (Å²) in [4.78, 5) is 25.7. The summed E-state index contributed by atoms with van der Waals surface area (Å²) in [5.74, 6) is -0.632. The summed E-state index contributed by atoms with van der Waals surface area (Å²) < 4.78 is 50.6. The molecule has 168 valence electrons. The highest BCUT2D eigenvalue weighted by atomic mass is 35.5. The van der Waals surface area contributed by atoms with E-state index in [9.17, 15) is 22.8 Å². The van der Waals surface area contributed by atoms with Crippen LogP contribution < -0.4 is 10.5 Å². The van der Waals surface area contributed by atoms with Crippen molar-refractivity contribution in [2.75, 3.05) is 26.3 Å². The van der Waals surface area contributed by atoms with Crippen molar-refractivity contribution < 1.29 is 32.2 Å². The normalized spacial score (nSPS) is 19.3. The number of ether oxygens (including phenoxy) is 2. The number of benzene rings is 1. The van der Waals surface area contributed by atoms with Gasteiger partial charge in [-0.05, 0) is 24.3 Å². The van der Waals surface area contributed by atoms with Gasteiger partial charge in [-0.25, -0.2) is 0 Å². The Morgan fingerprint density at radius 1 is 1.29 bits per heavy atom. The molecule has 8 nitrogen and oxygen atoms in total. The summed E-state index contributed by atoms with van der Waals surface area (Å²) in [6.07, 6.45) is -3.33. The molecule has 0 aliphatic carbocycles. The molecule has 1 fully saturated rings. The molecule has 1 atom stereocenters. The van der Waals surface area contributed by atoms with Crippen molar-refractivity contribution >= 4 is 23.4 Å². The van der Waals surface area contributed by atoms with E-state index in [0.717, 1.165) is 10.9 Å². The van der Waals surface area contributed by atoms with Crippen LogP contribution in [0.2, 0.25) is 5.02 Å². The first-order chi connectivity index (χ1) is 14.6. The number of primary amides is 1. The minimum atomic E-state index is -4.55. The van der Waals surface area contributed by atoms with E-state index in [4.69, 9.17) is 26.8 Å². The lowest BCUT2D eigenvalue weighted by Gasteiger charge is -2.42. The van der Waals surface area contributed by atoms with E-state index >= 15 is 0 Å². The smallest absolute Gasteiger partial charge is 0.419 e. The summed E-state index contributed by atoms with van der Waals surface area (Å²) in [5, 5.41) is 4.12. The first-order valence-corrected chi connectivity index (χ1v) is 9.62. The van der Waals surface area contributed by atoms with E-state index in [1.165, 1.54) is 4.90 Å². The number of hydrogen-bond donors (Lipinski definition) is 1. The molecular formula is C19H20ClF3N4O4. The molecule has 31 heavy (non-hydrogen) atoms. The number of nitrogens with two attached hydrogens (primary N) is 1. The van der Waals surface area contributed by atoms with Crippen LogP contribution >= 0.6 is 11.6 Å². The van der Waals surface area contributed by atoms with Gasteiger partial charge in [0, 0.05) is 17.8 Å². The molecule has 1 aliphatic heterocycles. The van der Waals surface area contributed by atoms with E-state index < -0.39 is 29.2 Å². The third-order valence-electron chi connectivity index (χ3n) is 4.67. The fraction of sp³-hybridized carbons (Fsp3) is 0.421. The summed E-state index contributed by atoms with van der Waals surface area (Å²) in [5.41, 5.74) is 3.23. The standard InChI is InChI=1S/C19H20ClF3N4O4/c20-14-1-3-15(4-2-14)30-12-18(7-16(24)28)11-26(5-6-31-18)17(29)10-27-9-13(8-25-27)19(21,22)23/h1-4,8-9H,5-7,10-12H2,(H2,24,28)/t18-/m1/s1. The summed E-state index contributed by atoms with van der Waals surface area (Å²) in [6, 6.07) is 6.55. The van der Waals surface area contributed by atoms with Crippen molar-refractivity contribution in [3.63, 3.8) is 0 Å². The molecule has 1 aliphatic rings. The van der Waals surface area contributed by atoms with Crippen molar-refractivity contribution in [2.45, 2.75) is 24.7 Å². The number of rotatable bonds is 7. The fourth-order valence-corrected chi connectivity index (χ4v) is 3.33. The molecule has 2 heterocycles. The third-order valence-corrected chi connectivity index (χ3v) is 4.92. The summed E-state index contributed by atoms with van der Waals surface area (Å²) in [6.45, 7) is -0.165. The van der Waals surface area contributed by atoms with Crippen molar-refractivity contribution in [3.8, 4) is 5.75 Å². The van der Waals surface area contributed by atoms with Gasteiger partial charge in [0.15, 0.2) is 0 Å². The molecule has 2 amide bonds. The Morgan fingerprint density at radius 2 is 2.00 bits per heavy atom. The van der Waals surface area contributed by atoms with E-state index in [1.807, 2.05) is 0 Å². The molecule has 0 spiro atoms. The molecule has 1 aromatic heterocycles. The maximum absolute atomic E-state index is 12.7. The lowest BCUT2D eigenvalue weighted by atomic mass is 9.97. The zero-order valence-corrected chi connectivity index (χ0v) is 17.0. The SMILES string of the molecule is NC(=O)C[C@]1(COc2ccc(Cl)cc2)CN(C(=O)Cn2cc(C(F)(F)F)cn2)CCO1. The van der Waals surface area contributed by atoms with Gasteiger partial charge < -0.3 is 20.1 Å². The molecule has 0 saturated carbocycles. The first kappa shape index (κ1) is 22.9. The van der Waals surface area contributed by atoms with Gasteiger partial charge in [0.05, 0.1) is 31.3 Å². The van der Waals surface area contributed by atoms with Crippen LogP contribution in [0.4, 0.5) is 13.2 Å². The van der Waals surface area contributed by atoms with Gasteiger partial charge in [-0.15, -0.1) is 0 Å². The molecular weight excluding hydrogens is 441 g/mol. The minimum absolute atomic E-state index is 0.0181. The van der Waals surface area contributed by atoms with Gasteiger partial charge >= 0.3 is 6.18 Å². The Bertz CT molecular complexity index is 935. The number of amides is 2. The maximum Gasteiger partial charge on any atom is 0.419 e. The average Bonchev–Trinajstić information content (AvgIpc) is 3.16. The molecule has 2 N–H and O–H groups in total. The molecule has 0 unspecified atom stereocenters. The van der Waals surface area contributed by atoms with Crippen molar-refractivity contribution in [3.05, 3.63) is 47.2 Å². The van der Waals surface area contributed by atoms with Crippen LogP contribution in [0.15, 0.2) is 36.7 Å². The van der Waals surface area contributed by atoms with Gasteiger partial charge in [-0.1, -0.05) is 11.6 Å². The highest BCUT2D eigenvalue weighted by Crippen LogP contribution is 2.29. The Morgan fingerprint density at radius 3 is 2.61 bits per heavy atom. The van der Waals surface area contributed by atoms with Crippen molar-refractivity contribution in [1.29, 1.82) is 0 Å². The molecule has 0 radical (unpaired) electrons. The van der Waals surface area contributed by atoms with Crippen LogP contribution in [0.25, 0.3) is 0 Å². The zero-order valence-electron chi connectivity index (χ0n) is 16.3. The molecule has 0 bridgehead atoms. The predicted molar refractivity (Wildman–Crippen MR) is 103 cm³/mol. The van der Waals surface area contributed by atoms with E-state index in [1.54, 1.807) is 24.3 Å². The summed E-state index contributed by atoms with van der Waals surface area (Å²) in [7, 11) is 0. The van der Waals surface area contributed by atoms with Gasteiger partial charge in [-0.2, -0.15) is 18.3 Å². The number of carbonyl (C=O) groups is 2. The number of alkyl halides is 3. The van der Waals surface area contributed by atoms with Crippen molar-refractivity contribution in [2.24, 2.45) is 5.73 Å².